The van der Waals surface area contributed by atoms with Gasteiger partial charge in [-0.25, -0.2) is 13.8 Å². The van der Waals surface area contributed by atoms with E-state index >= 15 is 0 Å². The Balaban J connectivity index is 1.32. The van der Waals surface area contributed by atoms with Crippen molar-refractivity contribution in [2.75, 3.05) is 35.9 Å². The van der Waals surface area contributed by atoms with E-state index in [2.05, 4.69) is 20.1 Å². The quantitative estimate of drug-likeness (QED) is 0.403. The molecule has 0 saturated carbocycles. The summed E-state index contributed by atoms with van der Waals surface area (Å²) in [4.78, 5) is 15.5. The van der Waals surface area contributed by atoms with E-state index in [1.54, 1.807) is 41.1 Å². The maximum Gasteiger partial charge on any atom is 0.271 e. The third-order valence-corrected chi connectivity index (χ3v) is 8.31. The zero-order valence-corrected chi connectivity index (χ0v) is 18.8. The van der Waals surface area contributed by atoms with Gasteiger partial charge < -0.3 is 9.64 Å². The van der Waals surface area contributed by atoms with Crippen molar-refractivity contribution >= 4 is 55.5 Å². The van der Waals surface area contributed by atoms with Crippen LogP contribution in [0.3, 0.4) is 0 Å². The molecule has 1 amide bonds. The van der Waals surface area contributed by atoms with Gasteiger partial charge in [0.05, 0.1) is 24.4 Å². The lowest BCUT2D eigenvalue weighted by molar-refractivity contribution is 0.0955. The van der Waals surface area contributed by atoms with Crippen molar-refractivity contribution in [1.29, 1.82) is 0 Å². The first-order valence-corrected chi connectivity index (χ1v) is 12.6. The van der Waals surface area contributed by atoms with E-state index in [4.69, 9.17) is 4.74 Å². The highest BCUT2D eigenvalue weighted by molar-refractivity contribution is 7.94. The molecular formula is C20H20N4O4S3. The topological polar surface area (TPSA) is 100 Å². The fraction of sp³-hybridized carbons (Fsp3) is 0.200. The number of benzene rings is 1. The van der Waals surface area contributed by atoms with Crippen LogP contribution in [0.5, 0.6) is 0 Å². The zero-order valence-electron chi connectivity index (χ0n) is 16.4. The lowest BCUT2D eigenvalue weighted by Crippen LogP contribution is -2.35. The van der Waals surface area contributed by atoms with Crippen molar-refractivity contribution in [2.24, 2.45) is 5.10 Å². The van der Waals surface area contributed by atoms with Crippen molar-refractivity contribution in [3.63, 3.8) is 0 Å². The molecule has 31 heavy (non-hydrogen) atoms. The van der Waals surface area contributed by atoms with Gasteiger partial charge >= 0.3 is 0 Å². The Hall–Kier alpha value is -2.73. The van der Waals surface area contributed by atoms with Crippen molar-refractivity contribution < 1.29 is 17.9 Å². The highest BCUT2D eigenvalue weighted by atomic mass is 32.2. The number of carbonyl (C=O) groups is 1. The van der Waals surface area contributed by atoms with Gasteiger partial charge in [-0.3, -0.25) is 9.52 Å². The normalized spacial score (nSPS) is 14.6. The third-order valence-electron chi connectivity index (χ3n) is 4.45. The van der Waals surface area contributed by atoms with Crippen LogP contribution in [0.4, 0.5) is 10.7 Å². The van der Waals surface area contributed by atoms with Gasteiger partial charge in [0.15, 0.2) is 0 Å². The standard InChI is InChI=1S/C20H20N4O4S3/c25-20(22-21-14-17-7-8-18(30-17)24-9-11-28-12-10-24)15-3-5-16(6-4-15)23-31(26,27)19-2-1-13-29-19/h1-8,13-14,23H,9-12H2,(H,22,25). The van der Waals surface area contributed by atoms with Gasteiger partial charge in [0.1, 0.15) is 4.21 Å². The molecule has 1 saturated heterocycles. The molecule has 0 radical (unpaired) electrons. The SMILES string of the molecule is O=C(NN=Cc1ccc(N2CCOCC2)s1)c1ccc(NS(=O)(=O)c2cccs2)cc1. The van der Waals surface area contributed by atoms with Crippen LogP contribution < -0.4 is 15.0 Å². The number of hydrogen-bond acceptors (Lipinski definition) is 8. The maximum atomic E-state index is 12.3. The predicted molar refractivity (Wildman–Crippen MR) is 124 cm³/mol. The molecule has 0 unspecified atom stereocenters. The van der Waals surface area contributed by atoms with E-state index in [0.717, 1.165) is 47.5 Å². The van der Waals surface area contributed by atoms with E-state index in [1.807, 2.05) is 12.1 Å². The molecule has 0 spiro atoms. The van der Waals surface area contributed by atoms with Crippen LogP contribution in [-0.2, 0) is 14.8 Å². The number of sulfonamides is 1. The average Bonchev–Trinajstić information content (AvgIpc) is 3.48. The van der Waals surface area contributed by atoms with Crippen LogP contribution >= 0.6 is 22.7 Å². The van der Waals surface area contributed by atoms with Crippen molar-refractivity contribution in [2.45, 2.75) is 4.21 Å². The van der Waals surface area contributed by atoms with Crippen LogP contribution in [-0.4, -0.2) is 46.8 Å². The van der Waals surface area contributed by atoms with Crippen molar-refractivity contribution in [3.8, 4) is 0 Å². The van der Waals surface area contributed by atoms with Gasteiger partial charge in [-0.1, -0.05) is 6.07 Å². The number of hydrogen-bond donors (Lipinski definition) is 2. The third kappa shape index (κ3) is 5.50. The Bertz CT molecular complexity index is 1150. The fourth-order valence-corrected chi connectivity index (χ4v) is 5.88. The Morgan fingerprint density at radius 3 is 2.58 bits per heavy atom. The Morgan fingerprint density at radius 1 is 1.10 bits per heavy atom. The lowest BCUT2D eigenvalue weighted by Gasteiger charge is -2.27. The summed E-state index contributed by atoms with van der Waals surface area (Å²) in [7, 11) is -3.62. The summed E-state index contributed by atoms with van der Waals surface area (Å²) >= 11 is 2.73. The molecule has 3 aromatic rings. The molecule has 11 heteroatoms. The zero-order chi connectivity index (χ0) is 21.7. The predicted octanol–water partition coefficient (Wildman–Crippen LogP) is 3.21. The van der Waals surface area contributed by atoms with E-state index in [-0.39, 0.29) is 10.1 Å². The van der Waals surface area contributed by atoms with E-state index in [1.165, 1.54) is 18.2 Å². The minimum absolute atomic E-state index is 0.231. The number of ether oxygens (including phenoxy) is 1. The van der Waals surface area contributed by atoms with Crippen LogP contribution in [0.15, 0.2) is 63.2 Å². The first kappa shape index (κ1) is 21.5. The summed E-state index contributed by atoms with van der Waals surface area (Å²) in [5.74, 6) is -0.381. The number of nitrogens with zero attached hydrogens (tertiary/aromatic N) is 2. The van der Waals surface area contributed by atoms with Crippen molar-refractivity contribution in [3.05, 3.63) is 64.4 Å². The molecular weight excluding hydrogens is 456 g/mol. The monoisotopic (exact) mass is 476 g/mol. The van der Waals surface area contributed by atoms with Gasteiger partial charge in [0.2, 0.25) is 0 Å². The van der Waals surface area contributed by atoms with Gasteiger partial charge in [0.25, 0.3) is 15.9 Å². The van der Waals surface area contributed by atoms with Gasteiger partial charge in [-0.05, 0) is 47.8 Å². The second-order valence-electron chi connectivity index (χ2n) is 6.59. The molecule has 8 nitrogen and oxygen atoms in total. The van der Waals surface area contributed by atoms with Crippen LogP contribution in [0.1, 0.15) is 15.2 Å². The van der Waals surface area contributed by atoms with Crippen LogP contribution in [0.2, 0.25) is 0 Å². The molecule has 0 atom stereocenters. The smallest absolute Gasteiger partial charge is 0.271 e. The molecule has 1 aromatic carbocycles. The second kappa shape index (κ2) is 9.60. The summed E-state index contributed by atoms with van der Waals surface area (Å²) in [5.41, 5.74) is 3.24. The molecule has 1 aliphatic rings. The summed E-state index contributed by atoms with van der Waals surface area (Å²) in [5, 5.41) is 6.87. The van der Waals surface area contributed by atoms with Gasteiger partial charge in [-0.2, -0.15) is 5.10 Å². The molecule has 2 aromatic heterocycles. The Labute approximate surface area is 188 Å². The van der Waals surface area contributed by atoms with E-state index in [9.17, 15) is 13.2 Å². The second-order valence-corrected chi connectivity index (χ2v) is 10.5. The van der Waals surface area contributed by atoms with Crippen LogP contribution in [0, 0.1) is 0 Å². The number of rotatable bonds is 7. The summed E-state index contributed by atoms with van der Waals surface area (Å²) in [6.07, 6.45) is 1.61. The highest BCUT2D eigenvalue weighted by Gasteiger charge is 2.15. The largest absolute Gasteiger partial charge is 0.378 e. The van der Waals surface area contributed by atoms with Crippen LogP contribution in [0.25, 0.3) is 0 Å². The van der Waals surface area contributed by atoms with Gasteiger partial charge in [0, 0.05) is 29.2 Å². The first-order valence-electron chi connectivity index (χ1n) is 9.44. The number of anilines is 2. The molecule has 1 fully saturated rings. The molecule has 4 rings (SSSR count). The minimum Gasteiger partial charge on any atom is -0.378 e. The number of hydrazone groups is 1. The molecule has 0 aliphatic carbocycles. The van der Waals surface area contributed by atoms with Gasteiger partial charge in [-0.15, -0.1) is 22.7 Å². The Kier molecular flexibility index (Phi) is 6.66. The van der Waals surface area contributed by atoms with Crippen molar-refractivity contribution in [1.82, 2.24) is 5.43 Å². The maximum absolute atomic E-state index is 12.3. The summed E-state index contributed by atoms with van der Waals surface area (Å²) in [6, 6.07) is 13.4. The molecule has 2 N–H and O–H groups in total. The average molecular weight is 477 g/mol. The van der Waals surface area contributed by atoms with E-state index in [0.29, 0.717) is 11.3 Å². The molecule has 1 aliphatic heterocycles. The molecule has 0 bridgehead atoms. The first-order chi connectivity index (χ1) is 15.0. The fourth-order valence-electron chi connectivity index (χ4n) is 2.90. The Morgan fingerprint density at radius 2 is 1.87 bits per heavy atom. The summed E-state index contributed by atoms with van der Waals surface area (Å²) < 4.78 is 32.6. The summed E-state index contributed by atoms with van der Waals surface area (Å²) in [6.45, 7) is 3.19. The van der Waals surface area contributed by atoms with E-state index < -0.39 is 10.0 Å². The highest BCUT2D eigenvalue weighted by Crippen LogP contribution is 2.25. The number of nitrogens with one attached hydrogen (secondary N) is 2. The number of morpholine rings is 1. The molecule has 162 valence electrons. The number of carbonyl (C=O) groups excluding carboxylic acids is 1. The number of thiophene rings is 2. The minimum atomic E-state index is -3.62. The lowest BCUT2D eigenvalue weighted by atomic mass is 10.2. The molecule has 3 heterocycles. The number of amides is 1.